The normalized spacial score (nSPS) is 12.4. The van der Waals surface area contributed by atoms with Crippen molar-refractivity contribution in [1.29, 1.82) is 0 Å². The molecule has 386 valence electrons. The van der Waals surface area contributed by atoms with Gasteiger partial charge in [0.25, 0.3) is 0 Å². The van der Waals surface area contributed by atoms with Gasteiger partial charge in [-0.15, -0.1) is 0 Å². The predicted molar refractivity (Wildman–Crippen MR) is 280 cm³/mol. The van der Waals surface area contributed by atoms with Crippen molar-refractivity contribution >= 4 is 17.9 Å². The summed E-state index contributed by atoms with van der Waals surface area (Å²) in [6.07, 6.45) is 58.0. The van der Waals surface area contributed by atoms with E-state index in [9.17, 15) is 14.4 Å². The van der Waals surface area contributed by atoms with E-state index in [1.165, 1.54) is 231 Å². The Morgan fingerprint density at radius 2 is 0.538 bits per heavy atom. The Kier molecular flexibility index (Phi) is 52.1. The number of hydrogen-bond donors (Lipinski definition) is 0. The quantitative estimate of drug-likeness (QED) is 0.0344. The van der Waals surface area contributed by atoms with Gasteiger partial charge in [-0.05, 0) is 25.2 Å². The van der Waals surface area contributed by atoms with E-state index in [0.717, 1.165) is 63.7 Å². The van der Waals surface area contributed by atoms with Gasteiger partial charge >= 0.3 is 17.9 Å². The molecule has 0 saturated carbocycles. The summed E-state index contributed by atoms with van der Waals surface area (Å²) < 4.78 is 16.9. The minimum absolute atomic E-state index is 0.0617. The zero-order valence-corrected chi connectivity index (χ0v) is 44.5. The molecule has 0 aliphatic carbocycles. The number of hydrogen-bond acceptors (Lipinski definition) is 6. The maximum absolute atomic E-state index is 12.8. The highest BCUT2D eigenvalue weighted by molar-refractivity contribution is 5.71. The third-order valence-electron chi connectivity index (χ3n) is 13.9. The van der Waals surface area contributed by atoms with Gasteiger partial charge in [0.2, 0.25) is 0 Å². The van der Waals surface area contributed by atoms with E-state index >= 15 is 0 Å². The summed E-state index contributed by atoms with van der Waals surface area (Å²) >= 11 is 0. The maximum atomic E-state index is 12.8. The van der Waals surface area contributed by atoms with Gasteiger partial charge in [0, 0.05) is 19.3 Å². The Morgan fingerprint density at radius 1 is 0.308 bits per heavy atom. The molecule has 0 aliphatic rings. The molecule has 0 bridgehead atoms. The molecular weight excluding hydrogens is 805 g/mol. The molecule has 6 heteroatoms. The lowest BCUT2D eigenvalue weighted by atomic mass is 9.99. The lowest BCUT2D eigenvalue weighted by Crippen LogP contribution is -2.30. The molecule has 0 fully saturated rings. The highest BCUT2D eigenvalue weighted by Crippen LogP contribution is 2.18. The first kappa shape index (κ1) is 63.4. The Morgan fingerprint density at radius 3 is 0.800 bits per heavy atom. The number of esters is 3. The molecule has 0 aromatic rings. The molecule has 0 aromatic carbocycles. The average Bonchev–Trinajstić information content (AvgIpc) is 3.30. The monoisotopic (exact) mass is 919 g/mol. The largest absolute Gasteiger partial charge is 0.462 e. The van der Waals surface area contributed by atoms with E-state index in [1.807, 2.05) is 0 Å². The second-order valence-corrected chi connectivity index (χ2v) is 20.5. The average molecular weight is 920 g/mol. The van der Waals surface area contributed by atoms with E-state index in [1.54, 1.807) is 0 Å². The molecule has 0 saturated heterocycles. The molecule has 0 aliphatic heterocycles. The summed E-state index contributed by atoms with van der Waals surface area (Å²) in [4.78, 5) is 38.1. The molecule has 0 N–H and O–H groups in total. The first-order valence-electron chi connectivity index (χ1n) is 29.4. The van der Waals surface area contributed by atoms with Crippen molar-refractivity contribution in [3.05, 3.63) is 0 Å². The Hall–Kier alpha value is -1.59. The van der Waals surface area contributed by atoms with Crippen molar-refractivity contribution in [3.8, 4) is 0 Å². The van der Waals surface area contributed by atoms with E-state index in [-0.39, 0.29) is 31.1 Å². The summed E-state index contributed by atoms with van der Waals surface area (Å²) in [5, 5.41) is 0. The second kappa shape index (κ2) is 53.4. The molecule has 65 heavy (non-hydrogen) atoms. The molecule has 0 radical (unpaired) electrons. The van der Waals surface area contributed by atoms with Gasteiger partial charge in [-0.25, -0.2) is 0 Å². The molecular formula is C59H114O6. The fraction of sp³-hybridized carbons (Fsp3) is 0.949. The smallest absolute Gasteiger partial charge is 0.306 e. The van der Waals surface area contributed by atoms with Crippen LogP contribution in [0.3, 0.4) is 0 Å². The van der Waals surface area contributed by atoms with Crippen molar-refractivity contribution in [2.24, 2.45) is 5.92 Å². The van der Waals surface area contributed by atoms with Crippen LogP contribution >= 0.6 is 0 Å². The third kappa shape index (κ3) is 51.6. The Labute approximate surface area is 406 Å². The zero-order valence-electron chi connectivity index (χ0n) is 44.5. The summed E-state index contributed by atoms with van der Waals surface area (Å²) in [6.45, 7) is 9.10. The van der Waals surface area contributed by atoms with Crippen LogP contribution in [0.5, 0.6) is 0 Å². The van der Waals surface area contributed by atoms with Crippen LogP contribution < -0.4 is 0 Å². The number of rotatable bonds is 54. The molecule has 6 nitrogen and oxygen atoms in total. The minimum atomic E-state index is -0.762. The minimum Gasteiger partial charge on any atom is -0.462 e. The molecule has 2 atom stereocenters. The number of carbonyl (C=O) groups excluding carboxylic acids is 3. The molecule has 0 aromatic heterocycles. The van der Waals surface area contributed by atoms with Crippen molar-refractivity contribution in [2.45, 2.75) is 342 Å². The summed E-state index contributed by atoms with van der Waals surface area (Å²) in [6, 6.07) is 0. The van der Waals surface area contributed by atoms with Gasteiger partial charge in [0.15, 0.2) is 6.10 Å². The van der Waals surface area contributed by atoms with Crippen molar-refractivity contribution < 1.29 is 28.6 Å². The maximum Gasteiger partial charge on any atom is 0.306 e. The van der Waals surface area contributed by atoms with Gasteiger partial charge < -0.3 is 14.2 Å². The second-order valence-electron chi connectivity index (χ2n) is 20.5. The lowest BCUT2D eigenvalue weighted by molar-refractivity contribution is -0.167. The van der Waals surface area contributed by atoms with Crippen LogP contribution in [0.4, 0.5) is 0 Å². The predicted octanol–water partition coefficient (Wildman–Crippen LogP) is 19.4. The first-order valence-corrected chi connectivity index (χ1v) is 29.4. The number of carbonyl (C=O) groups is 3. The van der Waals surface area contributed by atoms with Crippen LogP contribution in [0, 0.1) is 5.92 Å². The summed E-state index contributed by atoms with van der Waals surface area (Å²) in [7, 11) is 0. The molecule has 0 amide bonds. The van der Waals surface area contributed by atoms with Crippen molar-refractivity contribution in [1.82, 2.24) is 0 Å². The van der Waals surface area contributed by atoms with Crippen LogP contribution in [0.25, 0.3) is 0 Å². The van der Waals surface area contributed by atoms with Gasteiger partial charge in [-0.3, -0.25) is 14.4 Å². The standard InChI is InChI=1S/C59H114O6/c1-5-8-10-12-14-16-18-20-22-27-30-34-38-42-46-50-57(60)63-53-56(65-59(62)52-48-44-40-36-32-26-21-19-17-15-13-11-9-6-2)54-64-58(61)51-47-43-39-35-31-28-24-23-25-29-33-37-41-45-49-55(4)7-3/h55-56H,5-54H2,1-4H3/t55?,56-/m0/s1. The lowest BCUT2D eigenvalue weighted by Gasteiger charge is -2.18. The SMILES string of the molecule is CCCCCCCCCCCCCCCCCC(=O)OC[C@@H](COC(=O)CCCCCCCCCCCCCCCCC(C)CC)OC(=O)CCCCCCCCCCCCCCCC. The summed E-state index contributed by atoms with van der Waals surface area (Å²) in [5.41, 5.74) is 0. The molecule has 0 spiro atoms. The Bertz CT molecular complexity index is 982. The van der Waals surface area contributed by atoms with Gasteiger partial charge in [0.1, 0.15) is 13.2 Å². The van der Waals surface area contributed by atoms with E-state index < -0.39 is 6.10 Å². The third-order valence-corrected chi connectivity index (χ3v) is 13.9. The van der Waals surface area contributed by atoms with E-state index in [4.69, 9.17) is 14.2 Å². The number of unbranched alkanes of at least 4 members (excludes halogenated alkanes) is 40. The zero-order chi connectivity index (χ0) is 47.4. The van der Waals surface area contributed by atoms with Crippen molar-refractivity contribution in [2.75, 3.05) is 13.2 Å². The van der Waals surface area contributed by atoms with Crippen LogP contribution in [-0.2, 0) is 28.6 Å². The summed E-state index contributed by atoms with van der Waals surface area (Å²) in [5.74, 6) is 0.0623. The van der Waals surface area contributed by atoms with E-state index in [2.05, 4.69) is 27.7 Å². The highest BCUT2D eigenvalue weighted by Gasteiger charge is 2.19. The van der Waals surface area contributed by atoms with Crippen LogP contribution in [-0.4, -0.2) is 37.2 Å². The first-order chi connectivity index (χ1) is 31.9. The van der Waals surface area contributed by atoms with Gasteiger partial charge in [-0.2, -0.15) is 0 Å². The van der Waals surface area contributed by atoms with Crippen molar-refractivity contribution in [3.63, 3.8) is 0 Å². The molecule has 0 rings (SSSR count). The molecule has 0 heterocycles. The fourth-order valence-corrected chi connectivity index (χ4v) is 9.07. The topological polar surface area (TPSA) is 78.9 Å². The molecule has 1 unspecified atom stereocenters. The van der Waals surface area contributed by atoms with Crippen LogP contribution in [0.1, 0.15) is 336 Å². The van der Waals surface area contributed by atoms with Crippen LogP contribution in [0.15, 0.2) is 0 Å². The van der Waals surface area contributed by atoms with Gasteiger partial charge in [-0.1, -0.05) is 297 Å². The van der Waals surface area contributed by atoms with Crippen LogP contribution in [0.2, 0.25) is 0 Å². The fourth-order valence-electron chi connectivity index (χ4n) is 9.07. The highest BCUT2D eigenvalue weighted by atomic mass is 16.6. The number of ether oxygens (including phenoxy) is 3. The van der Waals surface area contributed by atoms with Gasteiger partial charge in [0.05, 0.1) is 0 Å². The van der Waals surface area contributed by atoms with E-state index in [0.29, 0.717) is 19.3 Å². The Balaban J connectivity index is 4.28.